The number of hydrogen-bond acceptors (Lipinski definition) is 5. The van der Waals surface area contributed by atoms with Gasteiger partial charge in [-0.1, -0.05) is 13.0 Å². The van der Waals surface area contributed by atoms with Gasteiger partial charge in [0, 0.05) is 25.5 Å². The highest BCUT2D eigenvalue weighted by Crippen LogP contribution is 2.27. The normalized spacial score (nSPS) is 12.2. The first-order valence-electron chi connectivity index (χ1n) is 5.72. The third-order valence-corrected chi connectivity index (χ3v) is 3.85. The van der Waals surface area contributed by atoms with Crippen molar-refractivity contribution in [1.82, 2.24) is 0 Å². The molecule has 0 saturated carbocycles. The lowest BCUT2D eigenvalue weighted by atomic mass is 10.2. The van der Waals surface area contributed by atoms with Gasteiger partial charge in [-0.2, -0.15) is 11.8 Å². The van der Waals surface area contributed by atoms with Crippen LogP contribution < -0.4 is 5.32 Å². The van der Waals surface area contributed by atoms with E-state index < -0.39 is 0 Å². The summed E-state index contributed by atoms with van der Waals surface area (Å²) in [6.07, 6.45) is 0. The van der Waals surface area contributed by atoms with Gasteiger partial charge in [0.1, 0.15) is 5.69 Å². The van der Waals surface area contributed by atoms with Crippen molar-refractivity contribution in [3.05, 3.63) is 33.9 Å². The molecule has 1 aromatic carbocycles. The van der Waals surface area contributed by atoms with Gasteiger partial charge in [0.2, 0.25) is 0 Å². The number of thioether (sulfide) groups is 1. The second-order valence-corrected chi connectivity index (χ2v) is 5.19. The summed E-state index contributed by atoms with van der Waals surface area (Å²) in [5, 5.41) is 22.6. The zero-order valence-electron chi connectivity index (χ0n) is 10.5. The Hall–Kier alpha value is -1.27. The molecule has 1 atom stereocenters. The fourth-order valence-corrected chi connectivity index (χ4v) is 2.50. The lowest BCUT2D eigenvalue weighted by molar-refractivity contribution is -0.384. The SMILES string of the molecule is CNc1ccc(CSCC(C)CO)cc1[N+](=O)[O-]. The molecule has 0 heterocycles. The summed E-state index contributed by atoms with van der Waals surface area (Å²) < 4.78 is 0. The summed E-state index contributed by atoms with van der Waals surface area (Å²) in [5.74, 6) is 1.81. The molecule has 5 nitrogen and oxygen atoms in total. The highest BCUT2D eigenvalue weighted by Gasteiger charge is 2.13. The number of hydrogen-bond donors (Lipinski definition) is 2. The molecule has 6 heteroatoms. The Morgan fingerprint density at radius 2 is 2.28 bits per heavy atom. The van der Waals surface area contributed by atoms with Crippen LogP contribution in [0.25, 0.3) is 0 Å². The third kappa shape index (κ3) is 4.19. The molecule has 1 aromatic rings. The van der Waals surface area contributed by atoms with Crippen molar-refractivity contribution in [1.29, 1.82) is 0 Å². The Morgan fingerprint density at radius 3 is 2.83 bits per heavy atom. The van der Waals surface area contributed by atoms with E-state index in [0.717, 1.165) is 17.1 Å². The molecular weight excluding hydrogens is 252 g/mol. The fraction of sp³-hybridized carbons (Fsp3) is 0.500. The Labute approximate surface area is 111 Å². The zero-order valence-corrected chi connectivity index (χ0v) is 11.4. The Bertz CT molecular complexity index is 412. The number of nitro groups is 1. The summed E-state index contributed by atoms with van der Waals surface area (Å²) in [7, 11) is 1.67. The van der Waals surface area contributed by atoms with Crippen molar-refractivity contribution in [2.45, 2.75) is 12.7 Å². The third-order valence-electron chi connectivity index (χ3n) is 2.51. The molecule has 0 fully saturated rings. The van der Waals surface area contributed by atoms with Crippen LogP contribution in [0, 0.1) is 16.0 Å². The van der Waals surface area contributed by atoms with E-state index in [9.17, 15) is 10.1 Å². The van der Waals surface area contributed by atoms with Crippen molar-refractivity contribution < 1.29 is 10.0 Å². The first-order valence-corrected chi connectivity index (χ1v) is 6.87. The van der Waals surface area contributed by atoms with E-state index >= 15 is 0 Å². The summed E-state index contributed by atoms with van der Waals surface area (Å²) in [6.45, 7) is 2.14. The molecule has 100 valence electrons. The maximum Gasteiger partial charge on any atom is 0.292 e. The van der Waals surface area contributed by atoms with Crippen molar-refractivity contribution in [2.75, 3.05) is 24.7 Å². The van der Waals surface area contributed by atoms with Gasteiger partial charge in [0.15, 0.2) is 0 Å². The van der Waals surface area contributed by atoms with Crippen LogP contribution in [0.5, 0.6) is 0 Å². The average molecular weight is 270 g/mol. The molecule has 2 N–H and O–H groups in total. The number of anilines is 1. The molecular formula is C12H18N2O3S. The van der Waals surface area contributed by atoms with Gasteiger partial charge < -0.3 is 10.4 Å². The lowest BCUT2D eigenvalue weighted by Crippen LogP contribution is -2.03. The highest BCUT2D eigenvalue weighted by atomic mass is 32.2. The molecule has 0 aliphatic carbocycles. The van der Waals surface area contributed by atoms with Gasteiger partial charge >= 0.3 is 0 Å². The van der Waals surface area contributed by atoms with E-state index in [1.807, 2.05) is 13.0 Å². The summed E-state index contributed by atoms with van der Waals surface area (Å²) in [5.41, 5.74) is 1.55. The summed E-state index contributed by atoms with van der Waals surface area (Å²) >= 11 is 1.67. The Morgan fingerprint density at radius 1 is 1.56 bits per heavy atom. The van der Waals surface area contributed by atoms with Crippen LogP contribution in [0.2, 0.25) is 0 Å². The molecule has 1 unspecified atom stereocenters. The van der Waals surface area contributed by atoms with E-state index in [-0.39, 0.29) is 23.1 Å². The molecule has 0 spiro atoms. The van der Waals surface area contributed by atoms with Gasteiger partial charge in [0.25, 0.3) is 5.69 Å². The second-order valence-electron chi connectivity index (χ2n) is 4.16. The van der Waals surface area contributed by atoms with E-state index in [0.29, 0.717) is 5.69 Å². The first-order chi connectivity index (χ1) is 8.58. The van der Waals surface area contributed by atoms with Gasteiger partial charge in [0.05, 0.1) is 4.92 Å². The van der Waals surface area contributed by atoms with Crippen molar-refractivity contribution in [2.24, 2.45) is 5.92 Å². The standard InChI is InChI=1S/C12H18N2O3S/c1-9(6-15)7-18-8-10-3-4-11(13-2)12(5-10)14(16)17/h3-5,9,13,15H,6-8H2,1-2H3. The monoisotopic (exact) mass is 270 g/mol. The van der Waals surface area contributed by atoms with Gasteiger partial charge in [-0.15, -0.1) is 0 Å². The highest BCUT2D eigenvalue weighted by molar-refractivity contribution is 7.98. The number of aliphatic hydroxyl groups excluding tert-OH is 1. The van der Waals surface area contributed by atoms with Crippen molar-refractivity contribution in [3.63, 3.8) is 0 Å². The molecule has 0 aromatic heterocycles. The average Bonchev–Trinajstić information content (AvgIpc) is 2.38. The van der Waals surface area contributed by atoms with E-state index in [1.165, 1.54) is 0 Å². The molecule has 1 rings (SSSR count). The maximum atomic E-state index is 10.9. The van der Waals surface area contributed by atoms with Gasteiger partial charge in [-0.25, -0.2) is 0 Å². The molecule has 0 aliphatic heterocycles. The number of nitro benzene ring substituents is 1. The largest absolute Gasteiger partial charge is 0.396 e. The number of aliphatic hydroxyl groups is 1. The van der Waals surface area contributed by atoms with Crippen LogP contribution in [0.1, 0.15) is 12.5 Å². The minimum Gasteiger partial charge on any atom is -0.396 e. The Kier molecular flexibility index (Phi) is 5.94. The predicted molar refractivity (Wildman–Crippen MR) is 75.1 cm³/mol. The maximum absolute atomic E-state index is 10.9. The molecule has 0 saturated heterocycles. The Balaban J connectivity index is 2.67. The second kappa shape index (κ2) is 7.23. The number of rotatable bonds is 7. The van der Waals surface area contributed by atoms with Crippen molar-refractivity contribution >= 4 is 23.1 Å². The molecule has 0 bridgehead atoms. The van der Waals surface area contributed by atoms with Crippen LogP contribution in [0.3, 0.4) is 0 Å². The summed E-state index contributed by atoms with van der Waals surface area (Å²) in [6, 6.07) is 5.21. The van der Waals surface area contributed by atoms with Crippen molar-refractivity contribution in [3.8, 4) is 0 Å². The van der Waals surface area contributed by atoms with E-state index in [4.69, 9.17) is 5.11 Å². The molecule has 0 radical (unpaired) electrons. The smallest absolute Gasteiger partial charge is 0.292 e. The molecule has 0 amide bonds. The first kappa shape index (κ1) is 14.8. The van der Waals surface area contributed by atoms with Gasteiger partial charge in [-0.3, -0.25) is 10.1 Å². The topological polar surface area (TPSA) is 75.4 Å². The van der Waals surface area contributed by atoms with Crippen LogP contribution in [0.4, 0.5) is 11.4 Å². The number of nitrogens with zero attached hydrogens (tertiary/aromatic N) is 1. The van der Waals surface area contributed by atoms with Gasteiger partial charge in [-0.05, 0) is 23.3 Å². The van der Waals surface area contributed by atoms with Crippen LogP contribution in [-0.2, 0) is 5.75 Å². The summed E-state index contributed by atoms with van der Waals surface area (Å²) in [4.78, 5) is 10.5. The molecule has 0 aliphatic rings. The zero-order chi connectivity index (χ0) is 13.5. The van der Waals surface area contributed by atoms with Crippen LogP contribution in [0.15, 0.2) is 18.2 Å². The van der Waals surface area contributed by atoms with Crippen LogP contribution in [-0.4, -0.2) is 29.4 Å². The fourth-order valence-electron chi connectivity index (χ4n) is 1.46. The van der Waals surface area contributed by atoms with E-state index in [1.54, 1.807) is 30.9 Å². The number of benzene rings is 1. The lowest BCUT2D eigenvalue weighted by Gasteiger charge is -2.08. The number of nitrogens with one attached hydrogen (secondary N) is 1. The predicted octanol–water partition coefficient (Wildman–Crippen LogP) is 2.50. The minimum atomic E-state index is -0.379. The minimum absolute atomic E-state index is 0.103. The van der Waals surface area contributed by atoms with E-state index in [2.05, 4.69) is 5.32 Å². The molecule has 18 heavy (non-hydrogen) atoms. The quantitative estimate of drug-likeness (QED) is 0.588. The van der Waals surface area contributed by atoms with Crippen LogP contribution >= 0.6 is 11.8 Å².